The normalized spacial score (nSPS) is 17.7. The van der Waals surface area contributed by atoms with E-state index in [-0.39, 0.29) is 18.2 Å². The maximum Gasteiger partial charge on any atom is 0.250 e. The SMILES string of the molecule is CCCN1CCN(CCCNC(=O)C[C@@H](C(=O)N2CCc3ccccc32)n2ccnc2)CC1. The van der Waals surface area contributed by atoms with Gasteiger partial charge in [0.05, 0.1) is 12.7 Å². The number of para-hydroxylation sites is 1. The summed E-state index contributed by atoms with van der Waals surface area (Å²) in [5.74, 6) is -0.152. The van der Waals surface area contributed by atoms with Crippen molar-refractivity contribution in [3.8, 4) is 0 Å². The van der Waals surface area contributed by atoms with E-state index in [1.807, 2.05) is 23.1 Å². The number of aromatic nitrogens is 2. The summed E-state index contributed by atoms with van der Waals surface area (Å²) in [4.78, 5) is 37.1. The fourth-order valence-corrected chi connectivity index (χ4v) is 4.85. The van der Waals surface area contributed by atoms with Crippen molar-refractivity contribution in [3.63, 3.8) is 0 Å². The lowest BCUT2D eigenvalue weighted by Gasteiger charge is -2.34. The van der Waals surface area contributed by atoms with E-state index in [4.69, 9.17) is 0 Å². The number of benzene rings is 1. The van der Waals surface area contributed by atoms with Crippen LogP contribution in [0.25, 0.3) is 0 Å². The van der Waals surface area contributed by atoms with Crippen LogP contribution in [-0.2, 0) is 16.0 Å². The first-order chi connectivity index (χ1) is 16.2. The summed E-state index contributed by atoms with van der Waals surface area (Å²) < 4.78 is 1.75. The van der Waals surface area contributed by atoms with Gasteiger partial charge in [-0.15, -0.1) is 0 Å². The molecule has 1 saturated heterocycles. The first kappa shape index (κ1) is 23.4. The predicted molar refractivity (Wildman–Crippen MR) is 129 cm³/mol. The van der Waals surface area contributed by atoms with Crippen molar-refractivity contribution in [2.24, 2.45) is 0 Å². The van der Waals surface area contributed by atoms with Crippen molar-refractivity contribution >= 4 is 17.5 Å². The molecule has 2 aliphatic rings. The number of anilines is 1. The second kappa shape index (κ2) is 11.4. The minimum Gasteiger partial charge on any atom is -0.356 e. The standard InChI is InChI=1S/C25H36N6O2/c1-2-11-28-15-17-29(18-16-28)12-5-9-27-24(32)19-23(30-14-10-26-20-30)25(33)31-13-8-21-6-3-4-7-22(21)31/h3-4,6-7,10,14,20,23H,2,5,8-9,11-13,15-19H2,1H3,(H,27,32)/t23-/m0/s1. The molecule has 8 heteroatoms. The monoisotopic (exact) mass is 452 g/mol. The summed E-state index contributed by atoms with van der Waals surface area (Å²) in [5.41, 5.74) is 2.13. The van der Waals surface area contributed by atoms with Crippen LogP contribution in [-0.4, -0.2) is 83.5 Å². The van der Waals surface area contributed by atoms with E-state index in [1.54, 1.807) is 23.3 Å². The van der Waals surface area contributed by atoms with E-state index >= 15 is 0 Å². The average molecular weight is 453 g/mol. The highest BCUT2D eigenvalue weighted by Crippen LogP contribution is 2.30. The molecule has 0 aliphatic carbocycles. The lowest BCUT2D eigenvalue weighted by molar-refractivity contribution is -0.128. The van der Waals surface area contributed by atoms with Crippen molar-refractivity contribution in [2.75, 3.05) is 57.3 Å². The predicted octanol–water partition coefficient (Wildman–Crippen LogP) is 1.94. The first-order valence-corrected chi connectivity index (χ1v) is 12.2. The quantitative estimate of drug-likeness (QED) is 0.558. The van der Waals surface area contributed by atoms with Gasteiger partial charge in [-0.05, 0) is 44.0 Å². The largest absolute Gasteiger partial charge is 0.356 e. The number of piperazine rings is 1. The molecule has 178 valence electrons. The third kappa shape index (κ3) is 6.00. The van der Waals surface area contributed by atoms with Crippen LogP contribution in [0.4, 0.5) is 5.69 Å². The Hall–Kier alpha value is -2.71. The Labute approximate surface area is 196 Å². The molecule has 8 nitrogen and oxygen atoms in total. The fourth-order valence-electron chi connectivity index (χ4n) is 4.85. The molecule has 0 spiro atoms. The number of amides is 2. The van der Waals surface area contributed by atoms with Gasteiger partial charge in [0.15, 0.2) is 0 Å². The Balaban J connectivity index is 1.26. The van der Waals surface area contributed by atoms with Crippen LogP contribution >= 0.6 is 0 Å². The van der Waals surface area contributed by atoms with Crippen LogP contribution in [0.5, 0.6) is 0 Å². The molecular weight excluding hydrogens is 416 g/mol. The zero-order valence-electron chi connectivity index (χ0n) is 19.7. The third-order valence-corrected chi connectivity index (χ3v) is 6.68. The molecule has 0 radical (unpaired) electrons. The highest BCUT2D eigenvalue weighted by Gasteiger charge is 2.32. The Morgan fingerprint density at radius 3 is 2.55 bits per heavy atom. The van der Waals surface area contributed by atoms with Crippen molar-refractivity contribution in [3.05, 3.63) is 48.5 Å². The molecule has 1 N–H and O–H groups in total. The number of hydrogen-bond acceptors (Lipinski definition) is 5. The van der Waals surface area contributed by atoms with Crippen LogP contribution in [0.15, 0.2) is 43.0 Å². The van der Waals surface area contributed by atoms with Crippen molar-refractivity contribution < 1.29 is 9.59 Å². The minimum atomic E-state index is -0.592. The molecule has 33 heavy (non-hydrogen) atoms. The summed E-state index contributed by atoms with van der Waals surface area (Å²) >= 11 is 0. The van der Waals surface area contributed by atoms with Gasteiger partial charge in [-0.1, -0.05) is 25.1 Å². The van der Waals surface area contributed by atoms with Crippen molar-refractivity contribution in [2.45, 2.75) is 38.6 Å². The highest BCUT2D eigenvalue weighted by molar-refractivity contribution is 6.00. The Kier molecular flexibility index (Phi) is 8.12. The van der Waals surface area contributed by atoms with E-state index < -0.39 is 6.04 Å². The van der Waals surface area contributed by atoms with Crippen LogP contribution in [0.3, 0.4) is 0 Å². The molecule has 2 aliphatic heterocycles. The van der Waals surface area contributed by atoms with Gasteiger partial charge in [0.1, 0.15) is 6.04 Å². The van der Waals surface area contributed by atoms with E-state index in [1.165, 1.54) is 18.5 Å². The number of nitrogens with one attached hydrogen (secondary N) is 1. The molecule has 2 amide bonds. The number of carbonyl (C=O) groups excluding carboxylic acids is 2. The molecule has 1 fully saturated rings. The Morgan fingerprint density at radius 1 is 1.06 bits per heavy atom. The minimum absolute atomic E-state index is 0.0574. The molecule has 0 bridgehead atoms. The van der Waals surface area contributed by atoms with E-state index in [9.17, 15) is 9.59 Å². The topological polar surface area (TPSA) is 73.7 Å². The lowest BCUT2D eigenvalue weighted by atomic mass is 10.1. The zero-order valence-corrected chi connectivity index (χ0v) is 19.7. The summed E-state index contributed by atoms with van der Waals surface area (Å²) in [5, 5.41) is 3.03. The molecule has 1 aromatic heterocycles. The number of rotatable bonds is 10. The number of fused-ring (bicyclic) bond motifs is 1. The highest BCUT2D eigenvalue weighted by atomic mass is 16.2. The van der Waals surface area contributed by atoms with E-state index in [0.29, 0.717) is 13.1 Å². The molecule has 4 rings (SSSR count). The average Bonchev–Trinajstić information content (AvgIpc) is 3.51. The van der Waals surface area contributed by atoms with Gasteiger partial charge in [-0.3, -0.25) is 9.59 Å². The van der Waals surface area contributed by atoms with Crippen molar-refractivity contribution in [1.82, 2.24) is 24.7 Å². The van der Waals surface area contributed by atoms with Gasteiger partial charge in [0, 0.05) is 57.3 Å². The Bertz CT molecular complexity index is 907. The second-order valence-electron chi connectivity index (χ2n) is 8.99. The zero-order chi connectivity index (χ0) is 23.0. The maximum atomic E-state index is 13.4. The number of carbonyl (C=O) groups is 2. The molecule has 2 aromatic rings. The number of nitrogens with zero attached hydrogens (tertiary/aromatic N) is 5. The first-order valence-electron chi connectivity index (χ1n) is 12.2. The van der Waals surface area contributed by atoms with Crippen LogP contribution in [0, 0.1) is 0 Å². The van der Waals surface area contributed by atoms with Gasteiger partial charge in [-0.25, -0.2) is 4.98 Å². The lowest BCUT2D eigenvalue weighted by Crippen LogP contribution is -2.47. The summed E-state index contributed by atoms with van der Waals surface area (Å²) in [7, 11) is 0. The molecule has 0 unspecified atom stereocenters. The van der Waals surface area contributed by atoms with Gasteiger partial charge in [0.25, 0.3) is 5.91 Å². The van der Waals surface area contributed by atoms with Crippen LogP contribution in [0.1, 0.15) is 37.8 Å². The number of imidazole rings is 1. The third-order valence-electron chi connectivity index (χ3n) is 6.68. The van der Waals surface area contributed by atoms with E-state index in [2.05, 4.69) is 33.1 Å². The number of hydrogen-bond donors (Lipinski definition) is 1. The van der Waals surface area contributed by atoms with Gasteiger partial charge >= 0.3 is 0 Å². The second-order valence-corrected chi connectivity index (χ2v) is 8.99. The van der Waals surface area contributed by atoms with Gasteiger partial charge in [-0.2, -0.15) is 0 Å². The molecule has 1 atom stereocenters. The van der Waals surface area contributed by atoms with Crippen LogP contribution in [0.2, 0.25) is 0 Å². The summed E-state index contributed by atoms with van der Waals surface area (Å²) in [6.07, 6.45) is 8.12. The molecule has 1 aromatic carbocycles. The molecular formula is C25H36N6O2. The van der Waals surface area contributed by atoms with Gasteiger partial charge in [0.2, 0.25) is 5.91 Å². The van der Waals surface area contributed by atoms with Gasteiger partial charge < -0.3 is 24.6 Å². The van der Waals surface area contributed by atoms with E-state index in [0.717, 1.165) is 51.3 Å². The maximum absolute atomic E-state index is 13.4. The smallest absolute Gasteiger partial charge is 0.250 e. The fraction of sp³-hybridized carbons (Fsp3) is 0.560. The van der Waals surface area contributed by atoms with Crippen molar-refractivity contribution in [1.29, 1.82) is 0 Å². The molecule has 3 heterocycles. The Morgan fingerprint density at radius 2 is 1.82 bits per heavy atom. The summed E-state index contributed by atoms with van der Waals surface area (Å²) in [6, 6.07) is 7.40. The van der Waals surface area contributed by atoms with Crippen LogP contribution < -0.4 is 10.2 Å². The summed E-state index contributed by atoms with van der Waals surface area (Å²) in [6.45, 7) is 10.2. The molecule has 0 saturated carbocycles.